The lowest BCUT2D eigenvalue weighted by Gasteiger charge is -2.20. The third-order valence-corrected chi connectivity index (χ3v) is 4.36. The van der Waals surface area contributed by atoms with Gasteiger partial charge in [0.05, 0.1) is 5.56 Å². The second-order valence-electron chi connectivity index (χ2n) is 4.87. The van der Waals surface area contributed by atoms with Crippen LogP contribution in [0, 0.1) is 0 Å². The maximum atomic E-state index is 12.5. The van der Waals surface area contributed by atoms with E-state index in [-0.39, 0.29) is 16.7 Å². The van der Waals surface area contributed by atoms with Crippen LogP contribution in [0.5, 0.6) is 5.75 Å². The average molecular weight is 356 g/mol. The number of ketones is 2. The molecule has 1 aliphatic carbocycles. The van der Waals surface area contributed by atoms with E-state index in [1.165, 1.54) is 30.3 Å². The molecule has 0 atom stereocenters. The molecule has 0 radical (unpaired) electrons. The first kappa shape index (κ1) is 16.2. The normalized spacial score (nSPS) is 14.1. The summed E-state index contributed by atoms with van der Waals surface area (Å²) in [5.74, 6) is -2.22. The Morgan fingerprint density at radius 3 is 1.92 bits per heavy atom. The first-order valence-electron chi connectivity index (χ1n) is 6.45. The molecule has 0 aliphatic heterocycles. The Bertz CT molecular complexity index is 977. The van der Waals surface area contributed by atoms with Gasteiger partial charge in [-0.05, 0) is 6.07 Å². The Morgan fingerprint density at radius 2 is 1.33 bits per heavy atom. The van der Waals surface area contributed by atoms with Gasteiger partial charge in [-0.25, -0.2) is 0 Å². The van der Waals surface area contributed by atoms with Gasteiger partial charge >= 0.3 is 15.6 Å². The molecule has 2 aromatic carbocycles. The Labute approximate surface area is 133 Å². The van der Waals surface area contributed by atoms with Gasteiger partial charge in [0.25, 0.3) is 0 Å². The van der Waals surface area contributed by atoms with Gasteiger partial charge in [-0.3, -0.25) is 9.59 Å². The fourth-order valence-electron chi connectivity index (χ4n) is 2.35. The predicted molar refractivity (Wildman–Crippen MR) is 75.4 cm³/mol. The van der Waals surface area contributed by atoms with E-state index in [1.54, 1.807) is 0 Å². The van der Waals surface area contributed by atoms with Gasteiger partial charge < -0.3 is 4.18 Å². The molecule has 124 valence electrons. The highest BCUT2D eigenvalue weighted by Crippen LogP contribution is 2.35. The fraction of sp³-hybridized carbons (Fsp3) is 0.0667. The third kappa shape index (κ3) is 2.37. The Hall–Kier alpha value is -2.68. The van der Waals surface area contributed by atoms with E-state index in [4.69, 9.17) is 0 Å². The number of carbonyl (C=O) groups excluding carboxylic acids is 2. The van der Waals surface area contributed by atoms with Gasteiger partial charge in [-0.1, -0.05) is 36.4 Å². The molecule has 0 unspecified atom stereocenters. The zero-order valence-corrected chi connectivity index (χ0v) is 12.4. The van der Waals surface area contributed by atoms with E-state index in [9.17, 15) is 31.2 Å². The first-order chi connectivity index (χ1) is 11.1. The Balaban J connectivity index is 2.18. The van der Waals surface area contributed by atoms with E-state index in [2.05, 4.69) is 4.18 Å². The zero-order valence-electron chi connectivity index (χ0n) is 11.6. The van der Waals surface area contributed by atoms with Crippen LogP contribution in [0.3, 0.4) is 0 Å². The topological polar surface area (TPSA) is 77.5 Å². The molecule has 0 N–H and O–H groups in total. The van der Waals surface area contributed by atoms with Crippen molar-refractivity contribution in [1.82, 2.24) is 0 Å². The highest BCUT2D eigenvalue weighted by atomic mass is 32.2. The molecule has 0 amide bonds. The van der Waals surface area contributed by atoms with Crippen molar-refractivity contribution in [3.8, 4) is 5.75 Å². The van der Waals surface area contributed by atoms with Gasteiger partial charge in [0, 0.05) is 16.7 Å². The number of benzene rings is 2. The van der Waals surface area contributed by atoms with Crippen LogP contribution >= 0.6 is 0 Å². The molecule has 3 rings (SSSR count). The summed E-state index contributed by atoms with van der Waals surface area (Å²) in [6, 6.07) is 8.99. The van der Waals surface area contributed by atoms with Crippen molar-refractivity contribution in [3.05, 3.63) is 64.7 Å². The lowest BCUT2D eigenvalue weighted by atomic mass is 9.84. The molecule has 0 spiro atoms. The van der Waals surface area contributed by atoms with Crippen LogP contribution in [0.25, 0.3) is 0 Å². The van der Waals surface area contributed by atoms with Crippen LogP contribution in [0.15, 0.2) is 42.5 Å². The van der Waals surface area contributed by atoms with E-state index < -0.39 is 38.5 Å². The number of hydrogen-bond acceptors (Lipinski definition) is 5. The molecular weight excluding hydrogens is 349 g/mol. The summed E-state index contributed by atoms with van der Waals surface area (Å²) < 4.78 is 64.0. The first-order valence-corrected chi connectivity index (χ1v) is 7.86. The number of alkyl halides is 3. The van der Waals surface area contributed by atoms with Crippen LogP contribution < -0.4 is 4.18 Å². The van der Waals surface area contributed by atoms with E-state index in [0.717, 1.165) is 12.1 Å². The number of halogens is 3. The van der Waals surface area contributed by atoms with Crippen molar-refractivity contribution in [3.63, 3.8) is 0 Å². The maximum Gasteiger partial charge on any atom is 0.534 e. The third-order valence-electron chi connectivity index (χ3n) is 3.40. The molecule has 0 fully saturated rings. The molecule has 0 heterocycles. The monoisotopic (exact) mass is 356 g/mol. The van der Waals surface area contributed by atoms with E-state index in [0.29, 0.717) is 0 Å². The average Bonchev–Trinajstić information content (AvgIpc) is 2.51. The largest absolute Gasteiger partial charge is 0.534 e. The molecule has 0 saturated heterocycles. The highest BCUT2D eigenvalue weighted by molar-refractivity contribution is 7.88. The predicted octanol–water partition coefficient (Wildman–Crippen LogP) is 2.69. The molecule has 0 saturated carbocycles. The Kier molecular flexibility index (Phi) is 3.48. The molecule has 0 aromatic heterocycles. The SMILES string of the molecule is O=C1c2ccccc2C(=O)c2c(OS(=O)(=O)C(F)(F)F)cccc21. The summed E-state index contributed by atoms with van der Waals surface area (Å²) in [7, 11) is -5.97. The van der Waals surface area contributed by atoms with E-state index >= 15 is 0 Å². The molecule has 5 nitrogen and oxygen atoms in total. The number of fused-ring (bicyclic) bond motifs is 2. The minimum absolute atomic E-state index is 0.0320. The van der Waals surface area contributed by atoms with Gasteiger partial charge in [0.1, 0.15) is 0 Å². The Morgan fingerprint density at radius 1 is 0.792 bits per heavy atom. The summed E-state index contributed by atoms with van der Waals surface area (Å²) in [5.41, 5.74) is -6.32. The van der Waals surface area contributed by atoms with Crippen LogP contribution in [0.4, 0.5) is 13.2 Å². The van der Waals surface area contributed by atoms with Crippen LogP contribution in [0.2, 0.25) is 0 Å². The summed E-state index contributed by atoms with van der Waals surface area (Å²) in [5, 5.41) is 0. The van der Waals surface area contributed by atoms with Crippen molar-refractivity contribution >= 4 is 21.7 Å². The molecular formula is C15H7F3O5S. The summed E-state index contributed by atoms with van der Waals surface area (Å²) in [6.45, 7) is 0. The van der Waals surface area contributed by atoms with Crippen LogP contribution in [-0.4, -0.2) is 25.5 Å². The standard InChI is InChI=1S/C15H7F3O5S/c16-15(17,18)24(21,22)23-11-7-3-6-10-12(11)14(20)9-5-2-1-4-8(9)13(10)19/h1-7H. The maximum absolute atomic E-state index is 12.5. The van der Waals surface area contributed by atoms with Crippen molar-refractivity contribution in [2.45, 2.75) is 5.51 Å². The number of carbonyl (C=O) groups is 2. The zero-order chi connectivity index (χ0) is 17.7. The second-order valence-corrected chi connectivity index (χ2v) is 6.40. The number of hydrogen-bond donors (Lipinski definition) is 0. The smallest absolute Gasteiger partial charge is 0.375 e. The van der Waals surface area contributed by atoms with Gasteiger partial charge in [0.2, 0.25) is 0 Å². The van der Waals surface area contributed by atoms with Crippen LogP contribution in [0.1, 0.15) is 31.8 Å². The molecule has 2 aromatic rings. The summed E-state index contributed by atoms with van der Waals surface area (Å²) >= 11 is 0. The number of rotatable bonds is 2. The van der Waals surface area contributed by atoms with Gasteiger partial charge in [0.15, 0.2) is 17.3 Å². The lowest BCUT2D eigenvalue weighted by molar-refractivity contribution is -0.0500. The van der Waals surface area contributed by atoms with Crippen molar-refractivity contribution in [2.75, 3.05) is 0 Å². The second kappa shape index (κ2) is 5.17. The van der Waals surface area contributed by atoms with Crippen molar-refractivity contribution in [1.29, 1.82) is 0 Å². The fourth-order valence-corrected chi connectivity index (χ4v) is 2.82. The minimum atomic E-state index is -5.97. The van der Waals surface area contributed by atoms with E-state index in [1.807, 2.05) is 0 Å². The van der Waals surface area contributed by atoms with Crippen molar-refractivity contribution < 1.29 is 35.4 Å². The van der Waals surface area contributed by atoms with Gasteiger partial charge in [-0.15, -0.1) is 0 Å². The summed E-state index contributed by atoms with van der Waals surface area (Å²) in [4.78, 5) is 24.9. The highest BCUT2D eigenvalue weighted by Gasteiger charge is 2.49. The van der Waals surface area contributed by atoms with Crippen LogP contribution in [-0.2, 0) is 10.1 Å². The molecule has 1 aliphatic rings. The summed E-state index contributed by atoms with van der Waals surface area (Å²) in [6.07, 6.45) is 0. The molecule has 9 heteroatoms. The van der Waals surface area contributed by atoms with Gasteiger partial charge in [-0.2, -0.15) is 21.6 Å². The molecule has 24 heavy (non-hydrogen) atoms. The lowest BCUT2D eigenvalue weighted by Crippen LogP contribution is -2.29. The minimum Gasteiger partial charge on any atom is -0.375 e. The quantitative estimate of drug-likeness (QED) is 0.521. The van der Waals surface area contributed by atoms with Crippen molar-refractivity contribution in [2.24, 2.45) is 0 Å². The molecule has 0 bridgehead atoms.